The van der Waals surface area contributed by atoms with Crippen molar-refractivity contribution in [2.45, 2.75) is 20.3 Å². The molecule has 0 bridgehead atoms. The van der Waals surface area contributed by atoms with Gasteiger partial charge in [-0.1, -0.05) is 59.9 Å². The van der Waals surface area contributed by atoms with E-state index >= 15 is 0 Å². The van der Waals surface area contributed by atoms with Gasteiger partial charge in [0.15, 0.2) is 0 Å². The summed E-state index contributed by atoms with van der Waals surface area (Å²) >= 11 is 6.54. The van der Waals surface area contributed by atoms with E-state index in [0.717, 1.165) is 22.9 Å². The topological polar surface area (TPSA) is 79.0 Å². The number of fused-ring (bicyclic) bond motifs is 1. The van der Waals surface area contributed by atoms with E-state index in [1.807, 2.05) is 38.1 Å². The summed E-state index contributed by atoms with van der Waals surface area (Å²) in [7, 11) is 1.60. The van der Waals surface area contributed by atoms with Crippen LogP contribution in [0.1, 0.15) is 23.1 Å². The van der Waals surface area contributed by atoms with Gasteiger partial charge in [-0.2, -0.15) is 0 Å². The molecule has 1 N–H and O–H groups in total. The molecule has 2 heterocycles. The summed E-state index contributed by atoms with van der Waals surface area (Å²) in [6, 6.07) is 12.9. The van der Waals surface area contributed by atoms with Gasteiger partial charge in [0.25, 0.3) is 11.8 Å². The molecule has 0 aliphatic carbocycles. The molecule has 176 valence electrons. The summed E-state index contributed by atoms with van der Waals surface area (Å²) in [4.78, 5) is 42.8. The molecule has 7 nitrogen and oxygen atoms in total. The van der Waals surface area contributed by atoms with Crippen molar-refractivity contribution in [3.8, 4) is 0 Å². The second kappa shape index (κ2) is 10.1. The van der Waals surface area contributed by atoms with Crippen LogP contribution in [0.3, 0.4) is 0 Å². The van der Waals surface area contributed by atoms with Gasteiger partial charge in [-0.05, 0) is 38.0 Å². The molecule has 4 rings (SSSR count). The number of benzene rings is 2. The fraction of sp³-hybridized carbons (Fsp3) is 0.280. The number of methoxy groups -OCH3 is 1. The molecule has 0 unspecified atom stereocenters. The van der Waals surface area contributed by atoms with Crippen molar-refractivity contribution < 1.29 is 19.1 Å². The predicted molar refractivity (Wildman–Crippen MR) is 139 cm³/mol. The van der Waals surface area contributed by atoms with Gasteiger partial charge in [-0.3, -0.25) is 24.2 Å². The third-order valence-electron chi connectivity index (χ3n) is 5.69. The smallest absolute Gasteiger partial charge is 0.267 e. The number of hydrogen-bond acceptors (Lipinski definition) is 6. The number of thiocarbonyl (C=S) groups is 1. The van der Waals surface area contributed by atoms with Crippen LogP contribution in [0, 0.1) is 13.8 Å². The minimum Gasteiger partial charge on any atom is -0.385 e. The molecule has 34 heavy (non-hydrogen) atoms. The van der Waals surface area contributed by atoms with Gasteiger partial charge in [-0.25, -0.2) is 0 Å². The zero-order valence-corrected chi connectivity index (χ0v) is 20.8. The van der Waals surface area contributed by atoms with Crippen LogP contribution in [0.4, 0.5) is 11.4 Å². The predicted octanol–water partition coefficient (Wildman–Crippen LogP) is 3.90. The van der Waals surface area contributed by atoms with E-state index < -0.39 is 0 Å². The lowest BCUT2D eigenvalue weighted by Gasteiger charge is -2.17. The Morgan fingerprint density at radius 3 is 2.59 bits per heavy atom. The second-order valence-corrected chi connectivity index (χ2v) is 9.79. The third-order valence-corrected chi connectivity index (χ3v) is 7.14. The highest BCUT2D eigenvalue weighted by Crippen LogP contribution is 2.44. The summed E-state index contributed by atoms with van der Waals surface area (Å²) in [5.41, 5.74) is 4.27. The van der Waals surface area contributed by atoms with Gasteiger partial charge >= 0.3 is 0 Å². The number of anilines is 2. The summed E-state index contributed by atoms with van der Waals surface area (Å²) in [6.07, 6.45) is 0.640. The number of aryl methyl sites for hydroxylation is 2. The van der Waals surface area contributed by atoms with E-state index in [1.165, 1.54) is 9.80 Å². The molecule has 2 aliphatic heterocycles. The lowest BCUT2D eigenvalue weighted by atomic mass is 10.1. The Morgan fingerprint density at radius 2 is 1.85 bits per heavy atom. The van der Waals surface area contributed by atoms with Crippen LogP contribution in [0.5, 0.6) is 0 Å². The van der Waals surface area contributed by atoms with Gasteiger partial charge < -0.3 is 10.1 Å². The van der Waals surface area contributed by atoms with Gasteiger partial charge in [0.1, 0.15) is 10.9 Å². The standard InChI is InChI=1S/C25H25N3O4S2/c1-15-9-10-18(16(2)13-15)26-20(29)14-28-19-8-5-4-7-17(19)21(23(28)30)22-24(31)27(25(33)34-22)11-6-12-32-3/h4-5,7-10,13H,6,11-12,14H2,1-3H3,(H,26,29). The van der Waals surface area contributed by atoms with Crippen molar-refractivity contribution in [3.05, 3.63) is 64.1 Å². The zero-order valence-electron chi connectivity index (χ0n) is 19.2. The van der Waals surface area contributed by atoms with Crippen molar-refractivity contribution >= 4 is 63.0 Å². The summed E-state index contributed by atoms with van der Waals surface area (Å²) < 4.78 is 5.49. The first kappa shape index (κ1) is 24.1. The highest BCUT2D eigenvalue weighted by molar-refractivity contribution is 8.26. The number of para-hydroxylation sites is 1. The van der Waals surface area contributed by atoms with Gasteiger partial charge in [0.05, 0.1) is 16.2 Å². The fourth-order valence-corrected chi connectivity index (χ4v) is 5.43. The number of carbonyl (C=O) groups excluding carboxylic acids is 3. The molecule has 0 spiro atoms. The maximum Gasteiger partial charge on any atom is 0.267 e. The normalized spacial score (nSPS) is 17.6. The number of nitrogens with zero attached hydrogens (tertiary/aromatic N) is 2. The fourth-order valence-electron chi connectivity index (χ4n) is 4.05. The second-order valence-electron chi connectivity index (χ2n) is 8.15. The quantitative estimate of drug-likeness (QED) is 0.357. The molecular formula is C25H25N3O4S2. The van der Waals surface area contributed by atoms with Crippen molar-refractivity contribution in [1.29, 1.82) is 0 Å². The molecule has 2 aliphatic rings. The Labute approximate surface area is 208 Å². The third kappa shape index (κ3) is 4.64. The molecule has 2 aromatic carbocycles. The van der Waals surface area contributed by atoms with Gasteiger partial charge in [0, 0.05) is 31.5 Å². The van der Waals surface area contributed by atoms with Crippen molar-refractivity contribution in [2.75, 3.05) is 37.0 Å². The Hall–Kier alpha value is -3.01. The molecule has 0 saturated carbocycles. The van der Waals surface area contributed by atoms with Crippen LogP contribution < -0.4 is 10.2 Å². The lowest BCUT2D eigenvalue weighted by Crippen LogP contribution is -2.35. The van der Waals surface area contributed by atoms with E-state index in [1.54, 1.807) is 25.3 Å². The molecular weight excluding hydrogens is 470 g/mol. The van der Waals surface area contributed by atoms with Crippen LogP contribution in [0.25, 0.3) is 5.57 Å². The average molecular weight is 496 g/mol. The molecule has 0 aromatic heterocycles. The van der Waals surface area contributed by atoms with E-state index in [2.05, 4.69) is 5.32 Å². The number of nitrogens with one attached hydrogen (secondary N) is 1. The molecule has 1 fully saturated rings. The maximum absolute atomic E-state index is 13.5. The first-order valence-electron chi connectivity index (χ1n) is 10.9. The number of rotatable bonds is 7. The molecule has 9 heteroatoms. The van der Waals surface area contributed by atoms with E-state index in [9.17, 15) is 14.4 Å². The highest BCUT2D eigenvalue weighted by Gasteiger charge is 2.42. The lowest BCUT2D eigenvalue weighted by molar-refractivity contribution is -0.122. The monoisotopic (exact) mass is 495 g/mol. The van der Waals surface area contributed by atoms with Crippen LogP contribution >= 0.6 is 24.0 Å². The van der Waals surface area contributed by atoms with Crippen molar-refractivity contribution in [2.24, 2.45) is 0 Å². The van der Waals surface area contributed by atoms with Gasteiger partial charge in [0.2, 0.25) is 5.91 Å². The molecule has 3 amide bonds. The number of thioether (sulfide) groups is 1. The first-order valence-corrected chi connectivity index (χ1v) is 12.1. The Balaban J connectivity index is 1.60. The number of carbonyl (C=O) groups is 3. The van der Waals surface area contributed by atoms with Crippen molar-refractivity contribution in [1.82, 2.24) is 4.90 Å². The zero-order chi connectivity index (χ0) is 24.4. The Bertz CT molecular complexity index is 1220. The number of ether oxygens (including phenoxy) is 1. The van der Waals surface area contributed by atoms with Crippen LogP contribution in [0.15, 0.2) is 47.4 Å². The molecule has 0 radical (unpaired) electrons. The summed E-state index contributed by atoms with van der Waals surface area (Å²) in [6.45, 7) is 4.67. The average Bonchev–Trinajstić information content (AvgIpc) is 3.23. The Kier molecular flexibility index (Phi) is 7.16. The number of hydrogen-bond donors (Lipinski definition) is 1. The molecule has 1 saturated heterocycles. The SMILES string of the molecule is COCCCN1C(=O)C(=C2C(=O)N(CC(=O)Nc3ccc(C)cc3C)c3ccccc32)SC1=S. The van der Waals surface area contributed by atoms with E-state index in [0.29, 0.717) is 51.3 Å². The number of amides is 3. The van der Waals surface area contributed by atoms with Crippen molar-refractivity contribution in [3.63, 3.8) is 0 Å². The van der Waals surface area contributed by atoms with E-state index in [-0.39, 0.29) is 24.3 Å². The highest BCUT2D eigenvalue weighted by atomic mass is 32.2. The van der Waals surface area contributed by atoms with E-state index in [4.69, 9.17) is 17.0 Å². The molecule has 0 atom stereocenters. The summed E-state index contributed by atoms with van der Waals surface area (Å²) in [5.74, 6) is -0.983. The Morgan fingerprint density at radius 1 is 1.09 bits per heavy atom. The summed E-state index contributed by atoms with van der Waals surface area (Å²) in [5, 5.41) is 2.89. The first-order chi connectivity index (χ1) is 16.3. The largest absolute Gasteiger partial charge is 0.385 e. The van der Waals surface area contributed by atoms with Crippen LogP contribution in [-0.2, 0) is 19.1 Å². The molecule has 2 aromatic rings. The minimum absolute atomic E-state index is 0.166. The van der Waals surface area contributed by atoms with Gasteiger partial charge in [-0.15, -0.1) is 0 Å². The maximum atomic E-state index is 13.5. The minimum atomic E-state index is -0.380. The van der Waals surface area contributed by atoms with Crippen LogP contribution in [0.2, 0.25) is 0 Å². The van der Waals surface area contributed by atoms with Crippen LogP contribution in [-0.4, -0.2) is 53.7 Å².